The summed E-state index contributed by atoms with van der Waals surface area (Å²) in [5, 5.41) is 8.72. The number of likely N-dealkylation sites (tertiary alicyclic amines) is 1. The first kappa shape index (κ1) is 13.9. The van der Waals surface area contributed by atoms with Crippen LogP contribution in [0.1, 0.15) is 58.3 Å². The number of rotatable bonds is 5. The van der Waals surface area contributed by atoms with Gasteiger partial charge in [0.1, 0.15) is 0 Å². The zero-order valence-electron chi connectivity index (χ0n) is 11.6. The molecule has 0 radical (unpaired) electrons. The average molecular weight is 253 g/mol. The minimum atomic E-state index is -0.642. The molecule has 1 aliphatic carbocycles. The standard InChI is InChI=1S/C15H27NO2/c1-12(14-4-2-3-5-14)16-10-8-13(9-11-16)6-7-15(17)18/h12-14H,2-11H2,1H3,(H,17,18). The van der Waals surface area contributed by atoms with E-state index in [-0.39, 0.29) is 0 Å². The molecule has 1 saturated carbocycles. The molecule has 1 heterocycles. The van der Waals surface area contributed by atoms with Crippen LogP contribution in [0.25, 0.3) is 0 Å². The summed E-state index contributed by atoms with van der Waals surface area (Å²) in [6.07, 6.45) is 9.30. The Morgan fingerprint density at radius 3 is 2.39 bits per heavy atom. The van der Waals surface area contributed by atoms with Gasteiger partial charge in [0, 0.05) is 12.5 Å². The molecule has 0 aromatic heterocycles. The van der Waals surface area contributed by atoms with Gasteiger partial charge in [-0.25, -0.2) is 0 Å². The molecular weight excluding hydrogens is 226 g/mol. The molecule has 3 nitrogen and oxygen atoms in total. The van der Waals surface area contributed by atoms with Crippen molar-refractivity contribution in [3.05, 3.63) is 0 Å². The lowest BCUT2D eigenvalue weighted by molar-refractivity contribution is -0.137. The molecule has 1 unspecified atom stereocenters. The Balaban J connectivity index is 1.70. The van der Waals surface area contributed by atoms with E-state index < -0.39 is 5.97 Å². The number of hydrogen-bond acceptors (Lipinski definition) is 2. The number of hydrogen-bond donors (Lipinski definition) is 1. The molecular formula is C15H27NO2. The molecule has 3 heteroatoms. The van der Waals surface area contributed by atoms with Gasteiger partial charge in [0.25, 0.3) is 0 Å². The molecule has 0 aromatic carbocycles. The molecule has 2 aliphatic rings. The van der Waals surface area contributed by atoms with Gasteiger partial charge in [0.15, 0.2) is 0 Å². The van der Waals surface area contributed by atoms with Gasteiger partial charge in [0.05, 0.1) is 0 Å². The highest BCUT2D eigenvalue weighted by Crippen LogP contribution is 2.32. The van der Waals surface area contributed by atoms with Gasteiger partial charge in [-0.1, -0.05) is 12.8 Å². The Bertz CT molecular complexity index is 266. The van der Waals surface area contributed by atoms with Crippen molar-refractivity contribution < 1.29 is 9.90 Å². The molecule has 1 aliphatic heterocycles. The summed E-state index contributed by atoms with van der Waals surface area (Å²) in [5.74, 6) is 0.922. The monoisotopic (exact) mass is 253 g/mol. The maximum atomic E-state index is 10.6. The summed E-state index contributed by atoms with van der Waals surface area (Å²) in [6.45, 7) is 4.76. The summed E-state index contributed by atoms with van der Waals surface area (Å²) in [7, 11) is 0. The summed E-state index contributed by atoms with van der Waals surface area (Å²) in [5.41, 5.74) is 0. The molecule has 0 amide bonds. The molecule has 2 rings (SSSR count). The predicted octanol–water partition coefficient (Wildman–Crippen LogP) is 3.14. The number of piperidine rings is 1. The van der Waals surface area contributed by atoms with E-state index in [0.29, 0.717) is 12.3 Å². The lowest BCUT2D eigenvalue weighted by Gasteiger charge is -2.38. The van der Waals surface area contributed by atoms with Gasteiger partial charge < -0.3 is 10.0 Å². The molecule has 0 spiro atoms. The van der Waals surface area contributed by atoms with E-state index in [1.807, 2.05) is 0 Å². The Morgan fingerprint density at radius 1 is 1.22 bits per heavy atom. The third-order valence-corrected chi connectivity index (χ3v) is 5.07. The van der Waals surface area contributed by atoms with E-state index in [2.05, 4.69) is 11.8 Å². The van der Waals surface area contributed by atoms with E-state index >= 15 is 0 Å². The van der Waals surface area contributed by atoms with Gasteiger partial charge >= 0.3 is 5.97 Å². The topological polar surface area (TPSA) is 40.5 Å². The van der Waals surface area contributed by atoms with E-state index in [9.17, 15) is 4.79 Å². The van der Waals surface area contributed by atoms with Gasteiger partial charge in [-0.15, -0.1) is 0 Å². The first-order valence-electron chi connectivity index (χ1n) is 7.62. The number of carboxylic acid groups (broad SMARTS) is 1. The smallest absolute Gasteiger partial charge is 0.303 e. The van der Waals surface area contributed by atoms with Gasteiger partial charge in [-0.2, -0.15) is 0 Å². The first-order chi connectivity index (χ1) is 8.66. The summed E-state index contributed by atoms with van der Waals surface area (Å²) in [6, 6.07) is 0.743. The van der Waals surface area contributed by atoms with Crippen molar-refractivity contribution in [1.82, 2.24) is 4.90 Å². The van der Waals surface area contributed by atoms with Crippen LogP contribution in [0, 0.1) is 11.8 Å². The number of nitrogens with zero attached hydrogens (tertiary/aromatic N) is 1. The second kappa shape index (κ2) is 6.55. The quantitative estimate of drug-likeness (QED) is 0.818. The molecule has 104 valence electrons. The Labute approximate surface area is 111 Å². The first-order valence-corrected chi connectivity index (χ1v) is 7.62. The van der Waals surface area contributed by atoms with Gasteiger partial charge in [0.2, 0.25) is 0 Å². The van der Waals surface area contributed by atoms with Crippen molar-refractivity contribution in [2.45, 2.75) is 64.3 Å². The molecule has 18 heavy (non-hydrogen) atoms. The van der Waals surface area contributed by atoms with Crippen LogP contribution in [0.2, 0.25) is 0 Å². The minimum Gasteiger partial charge on any atom is -0.481 e. The molecule has 0 bridgehead atoms. The van der Waals surface area contributed by atoms with Crippen molar-refractivity contribution in [3.63, 3.8) is 0 Å². The van der Waals surface area contributed by atoms with E-state index in [1.165, 1.54) is 51.6 Å². The molecule has 0 aromatic rings. The van der Waals surface area contributed by atoms with Crippen LogP contribution in [0.4, 0.5) is 0 Å². The lowest BCUT2D eigenvalue weighted by atomic mass is 9.89. The number of carbonyl (C=O) groups is 1. The maximum Gasteiger partial charge on any atom is 0.303 e. The fourth-order valence-corrected chi connectivity index (χ4v) is 3.71. The van der Waals surface area contributed by atoms with Crippen LogP contribution >= 0.6 is 0 Å². The number of carboxylic acids is 1. The van der Waals surface area contributed by atoms with Crippen molar-refractivity contribution in [2.75, 3.05) is 13.1 Å². The second-order valence-electron chi connectivity index (χ2n) is 6.20. The average Bonchev–Trinajstić information content (AvgIpc) is 2.90. The van der Waals surface area contributed by atoms with Crippen LogP contribution in [0.5, 0.6) is 0 Å². The molecule has 1 N–H and O–H groups in total. The molecule has 1 atom stereocenters. The van der Waals surface area contributed by atoms with Gasteiger partial charge in [-0.05, 0) is 64.0 Å². The van der Waals surface area contributed by atoms with Crippen LogP contribution in [0.3, 0.4) is 0 Å². The summed E-state index contributed by atoms with van der Waals surface area (Å²) >= 11 is 0. The number of aliphatic carboxylic acids is 1. The Morgan fingerprint density at radius 2 is 1.83 bits per heavy atom. The third kappa shape index (κ3) is 3.71. The van der Waals surface area contributed by atoms with E-state index in [1.54, 1.807) is 0 Å². The highest BCUT2D eigenvalue weighted by molar-refractivity contribution is 5.66. The second-order valence-corrected chi connectivity index (χ2v) is 6.20. The zero-order valence-corrected chi connectivity index (χ0v) is 11.6. The maximum absolute atomic E-state index is 10.6. The summed E-state index contributed by atoms with van der Waals surface area (Å²) in [4.78, 5) is 13.2. The Kier molecular flexibility index (Phi) is 5.04. The van der Waals surface area contributed by atoms with Gasteiger partial charge in [-0.3, -0.25) is 4.79 Å². The molecule has 2 fully saturated rings. The highest BCUT2D eigenvalue weighted by atomic mass is 16.4. The van der Waals surface area contributed by atoms with Crippen LogP contribution in [-0.2, 0) is 4.79 Å². The largest absolute Gasteiger partial charge is 0.481 e. The Hall–Kier alpha value is -0.570. The summed E-state index contributed by atoms with van der Waals surface area (Å²) < 4.78 is 0. The van der Waals surface area contributed by atoms with E-state index in [0.717, 1.165) is 18.4 Å². The minimum absolute atomic E-state index is 0.350. The highest BCUT2D eigenvalue weighted by Gasteiger charge is 2.29. The zero-order chi connectivity index (χ0) is 13.0. The molecule has 1 saturated heterocycles. The normalized spacial score (nSPS) is 25.4. The van der Waals surface area contributed by atoms with Crippen LogP contribution in [0.15, 0.2) is 0 Å². The third-order valence-electron chi connectivity index (χ3n) is 5.07. The van der Waals surface area contributed by atoms with Crippen molar-refractivity contribution in [1.29, 1.82) is 0 Å². The SMILES string of the molecule is CC(C1CCCC1)N1CCC(CCC(=O)O)CC1. The predicted molar refractivity (Wildman–Crippen MR) is 72.6 cm³/mol. The van der Waals surface area contributed by atoms with Crippen LogP contribution in [-0.4, -0.2) is 35.1 Å². The fourth-order valence-electron chi connectivity index (χ4n) is 3.71. The fraction of sp³-hybridized carbons (Fsp3) is 0.933. The van der Waals surface area contributed by atoms with Crippen molar-refractivity contribution >= 4 is 5.97 Å². The van der Waals surface area contributed by atoms with Crippen molar-refractivity contribution in [2.24, 2.45) is 11.8 Å². The lowest BCUT2D eigenvalue weighted by Crippen LogP contribution is -2.43. The van der Waals surface area contributed by atoms with Crippen LogP contribution < -0.4 is 0 Å². The van der Waals surface area contributed by atoms with Crippen molar-refractivity contribution in [3.8, 4) is 0 Å². The van der Waals surface area contributed by atoms with E-state index in [4.69, 9.17) is 5.11 Å².